The molecule has 3 aliphatic heterocycles. The van der Waals surface area contributed by atoms with Gasteiger partial charge in [0.1, 0.15) is 6.10 Å². The highest BCUT2D eigenvalue weighted by Gasteiger charge is 2.34. The Labute approximate surface area is 208 Å². The smallest absolute Gasteiger partial charge is 0.255 e. The number of hydrogen-bond donors (Lipinski definition) is 4. The molecular formula is C26H26ClN5O3. The molecule has 0 unspecified atom stereocenters. The van der Waals surface area contributed by atoms with E-state index in [4.69, 9.17) is 21.1 Å². The highest BCUT2D eigenvalue weighted by atomic mass is 35.5. The SMILES string of the molecule is COc1c(Cl)cccc1Nc1c2[nH]c3c1C(=O)NC[C@@H]3C/C=C\CC[C@H]1CNc3nccc-2c3O1. The molecule has 4 bridgehead atoms. The van der Waals surface area contributed by atoms with Crippen LogP contribution >= 0.6 is 11.6 Å². The molecule has 2 atom stereocenters. The lowest BCUT2D eigenvalue weighted by molar-refractivity contribution is 0.0941. The van der Waals surface area contributed by atoms with Gasteiger partial charge in [-0.05, 0) is 37.5 Å². The number of halogens is 1. The molecule has 6 rings (SSSR count). The maximum absolute atomic E-state index is 13.2. The standard InChI is InChI=1S/C26H26ClN5O3/c1-34-24-17(27)8-5-9-18(24)31-22-19-20-14(12-30-26(19)33)6-3-2-4-7-15-13-29-25-23(35-15)16(10-11-28-25)21(22)32-20/h2-3,5,8-11,14-15,31-32H,4,6-7,12-13H2,1H3,(H,28,29)(H,30,33)/b3-2-/t14-,15-/m0/s1. The first kappa shape index (κ1) is 21.9. The van der Waals surface area contributed by atoms with Gasteiger partial charge >= 0.3 is 0 Å². The molecule has 4 N–H and O–H groups in total. The van der Waals surface area contributed by atoms with Crippen LogP contribution in [0.5, 0.6) is 11.5 Å². The van der Waals surface area contributed by atoms with Crippen molar-refractivity contribution in [1.82, 2.24) is 15.3 Å². The summed E-state index contributed by atoms with van der Waals surface area (Å²) in [6.45, 7) is 1.28. The van der Waals surface area contributed by atoms with Crippen molar-refractivity contribution in [3.63, 3.8) is 0 Å². The van der Waals surface area contributed by atoms with Crippen LogP contribution < -0.4 is 25.4 Å². The van der Waals surface area contributed by atoms with Crippen LogP contribution in [-0.2, 0) is 0 Å². The predicted octanol–water partition coefficient (Wildman–Crippen LogP) is 5.22. The van der Waals surface area contributed by atoms with Crippen LogP contribution in [0.2, 0.25) is 5.02 Å². The van der Waals surface area contributed by atoms with Gasteiger partial charge in [0.15, 0.2) is 17.3 Å². The summed E-state index contributed by atoms with van der Waals surface area (Å²) < 4.78 is 12.0. The van der Waals surface area contributed by atoms with Gasteiger partial charge in [0.05, 0.1) is 41.3 Å². The number of benzene rings is 1. The number of anilines is 3. The molecule has 3 aliphatic rings. The number of allylic oxidation sites excluding steroid dienone is 2. The average molecular weight is 492 g/mol. The van der Waals surface area contributed by atoms with E-state index in [-0.39, 0.29) is 17.9 Å². The number of carbonyl (C=O) groups is 1. The molecule has 9 heteroatoms. The molecule has 1 amide bonds. The van der Waals surface area contributed by atoms with Gasteiger partial charge < -0.3 is 30.4 Å². The number of ether oxygens (including phenoxy) is 2. The second kappa shape index (κ2) is 8.85. The Balaban J connectivity index is 1.59. The first-order chi connectivity index (χ1) is 17.1. The average Bonchev–Trinajstić information content (AvgIpc) is 3.24. The summed E-state index contributed by atoms with van der Waals surface area (Å²) in [6.07, 6.45) is 8.85. The second-order valence-corrected chi connectivity index (χ2v) is 9.36. The van der Waals surface area contributed by atoms with E-state index < -0.39 is 0 Å². The number of methoxy groups -OCH3 is 1. The van der Waals surface area contributed by atoms with E-state index in [0.717, 1.165) is 36.2 Å². The van der Waals surface area contributed by atoms with E-state index in [1.807, 2.05) is 18.2 Å². The maximum Gasteiger partial charge on any atom is 0.255 e. The van der Waals surface area contributed by atoms with Gasteiger partial charge in [-0.1, -0.05) is 29.8 Å². The van der Waals surface area contributed by atoms with Crippen LogP contribution in [0.4, 0.5) is 17.2 Å². The molecule has 35 heavy (non-hydrogen) atoms. The van der Waals surface area contributed by atoms with Gasteiger partial charge in [0.25, 0.3) is 5.91 Å². The van der Waals surface area contributed by atoms with E-state index in [2.05, 4.69) is 38.1 Å². The van der Waals surface area contributed by atoms with E-state index in [1.54, 1.807) is 19.4 Å². The fraction of sp³-hybridized carbons (Fsp3) is 0.308. The van der Waals surface area contributed by atoms with E-state index >= 15 is 0 Å². The number of fused-ring (bicyclic) bond motifs is 3. The van der Waals surface area contributed by atoms with Crippen LogP contribution in [0, 0.1) is 0 Å². The quantitative estimate of drug-likeness (QED) is 0.375. The largest absolute Gasteiger partial charge is 0.493 e. The molecule has 0 spiro atoms. The number of nitrogens with one attached hydrogen (secondary N) is 4. The Bertz CT molecular complexity index is 1330. The number of H-pyrrole nitrogens is 1. The molecule has 1 aromatic carbocycles. The fourth-order valence-electron chi connectivity index (χ4n) is 5.08. The monoisotopic (exact) mass is 491 g/mol. The number of aromatic amines is 1. The van der Waals surface area contributed by atoms with Crippen molar-refractivity contribution in [1.29, 1.82) is 0 Å². The van der Waals surface area contributed by atoms with Crippen LogP contribution in [0.25, 0.3) is 11.3 Å². The molecule has 3 aromatic rings. The van der Waals surface area contributed by atoms with E-state index in [9.17, 15) is 4.79 Å². The molecule has 0 saturated carbocycles. The molecule has 0 fully saturated rings. The van der Waals surface area contributed by atoms with Crippen LogP contribution in [0.1, 0.15) is 41.2 Å². The topological polar surface area (TPSA) is 100 Å². The first-order valence-electron chi connectivity index (χ1n) is 11.8. The molecule has 5 heterocycles. The Morgan fingerprint density at radius 3 is 3.00 bits per heavy atom. The lowest BCUT2D eigenvalue weighted by Crippen LogP contribution is -2.34. The Morgan fingerprint density at radius 1 is 1.20 bits per heavy atom. The number of aromatic nitrogens is 2. The normalized spacial score (nSPS) is 21.3. The van der Waals surface area contributed by atoms with Crippen LogP contribution in [0.15, 0.2) is 42.6 Å². The lowest BCUT2D eigenvalue weighted by atomic mass is 9.93. The number of nitrogens with zero attached hydrogens (tertiary/aromatic N) is 1. The predicted molar refractivity (Wildman–Crippen MR) is 136 cm³/mol. The van der Waals surface area contributed by atoms with Crippen molar-refractivity contribution in [2.45, 2.75) is 31.3 Å². The lowest BCUT2D eigenvalue weighted by Gasteiger charge is -2.28. The minimum atomic E-state index is -0.127. The van der Waals surface area contributed by atoms with E-state index in [1.165, 1.54) is 0 Å². The fourth-order valence-corrected chi connectivity index (χ4v) is 5.33. The molecule has 8 nitrogen and oxygen atoms in total. The van der Waals surface area contributed by atoms with Gasteiger partial charge in [-0.15, -0.1) is 0 Å². The van der Waals surface area contributed by atoms with Crippen molar-refractivity contribution < 1.29 is 14.3 Å². The molecule has 0 radical (unpaired) electrons. The minimum absolute atomic E-state index is 0.0289. The zero-order valence-electron chi connectivity index (χ0n) is 19.3. The first-order valence-corrected chi connectivity index (χ1v) is 12.2. The van der Waals surface area contributed by atoms with Crippen molar-refractivity contribution in [2.75, 3.05) is 30.8 Å². The summed E-state index contributed by atoms with van der Waals surface area (Å²) in [6, 6.07) is 7.41. The van der Waals surface area contributed by atoms with Crippen molar-refractivity contribution in [3.05, 3.63) is 58.9 Å². The molecule has 180 valence electrons. The molecule has 0 aliphatic carbocycles. The summed E-state index contributed by atoms with van der Waals surface area (Å²) in [5.41, 5.74) is 4.42. The van der Waals surface area contributed by atoms with Gasteiger partial charge in [-0.3, -0.25) is 4.79 Å². The number of para-hydroxylation sites is 1. The van der Waals surface area contributed by atoms with Crippen molar-refractivity contribution in [2.24, 2.45) is 0 Å². The van der Waals surface area contributed by atoms with Crippen LogP contribution in [-0.4, -0.2) is 42.2 Å². The van der Waals surface area contributed by atoms with Crippen molar-refractivity contribution in [3.8, 4) is 22.8 Å². The third kappa shape index (κ3) is 3.78. The van der Waals surface area contributed by atoms with Gasteiger partial charge in [0, 0.05) is 29.9 Å². The Kier molecular flexibility index (Phi) is 5.53. The number of rotatable bonds is 3. The molecular weight excluding hydrogens is 466 g/mol. The zero-order chi connectivity index (χ0) is 23.9. The van der Waals surface area contributed by atoms with Gasteiger partial charge in [-0.25, -0.2) is 4.98 Å². The summed E-state index contributed by atoms with van der Waals surface area (Å²) in [4.78, 5) is 21.3. The highest BCUT2D eigenvalue weighted by molar-refractivity contribution is 6.32. The zero-order valence-corrected chi connectivity index (χ0v) is 20.0. The summed E-state index contributed by atoms with van der Waals surface area (Å²) in [7, 11) is 1.58. The highest BCUT2D eigenvalue weighted by Crippen LogP contribution is 2.47. The number of pyridine rings is 1. The molecule has 0 saturated heterocycles. The maximum atomic E-state index is 13.2. The second-order valence-electron chi connectivity index (χ2n) is 8.96. The van der Waals surface area contributed by atoms with Crippen LogP contribution in [0.3, 0.4) is 0 Å². The number of hydrogen-bond acceptors (Lipinski definition) is 6. The van der Waals surface area contributed by atoms with E-state index in [0.29, 0.717) is 52.4 Å². The van der Waals surface area contributed by atoms with Gasteiger partial charge in [0.2, 0.25) is 0 Å². The minimum Gasteiger partial charge on any atom is -0.493 e. The summed E-state index contributed by atoms with van der Waals surface area (Å²) >= 11 is 6.40. The third-order valence-electron chi connectivity index (χ3n) is 6.80. The van der Waals surface area contributed by atoms with Gasteiger partial charge in [-0.2, -0.15) is 0 Å². The third-order valence-corrected chi connectivity index (χ3v) is 7.10. The Hall–Kier alpha value is -3.65. The number of amides is 1. The van der Waals surface area contributed by atoms with Crippen molar-refractivity contribution >= 4 is 34.7 Å². The summed E-state index contributed by atoms with van der Waals surface area (Å²) in [5.74, 6) is 1.89. The number of carbonyl (C=O) groups excluding carboxylic acids is 1. The summed E-state index contributed by atoms with van der Waals surface area (Å²) in [5, 5.41) is 10.4. The molecule has 2 aromatic heterocycles. The Morgan fingerprint density at radius 2 is 2.11 bits per heavy atom.